The van der Waals surface area contributed by atoms with Crippen molar-refractivity contribution >= 4 is 29.1 Å². The van der Waals surface area contributed by atoms with Crippen molar-refractivity contribution in [2.75, 3.05) is 7.05 Å². The summed E-state index contributed by atoms with van der Waals surface area (Å²) in [7, 11) is 1.72. The molecule has 2 aromatic heterocycles. The van der Waals surface area contributed by atoms with Gasteiger partial charge in [-0.15, -0.1) is 11.3 Å². The molecule has 8 heteroatoms. The average Bonchev–Trinajstić information content (AvgIpc) is 3.43. The van der Waals surface area contributed by atoms with Crippen LogP contribution in [0, 0.1) is 6.92 Å². The summed E-state index contributed by atoms with van der Waals surface area (Å²) in [5.74, 6) is -0.824. The topological polar surface area (TPSA) is 83.5 Å². The van der Waals surface area contributed by atoms with Crippen molar-refractivity contribution in [1.29, 1.82) is 0 Å². The first-order chi connectivity index (χ1) is 15.8. The van der Waals surface area contributed by atoms with Crippen LogP contribution in [0.25, 0.3) is 0 Å². The molecule has 170 valence electrons. The van der Waals surface area contributed by atoms with Gasteiger partial charge in [0.15, 0.2) is 0 Å². The van der Waals surface area contributed by atoms with Gasteiger partial charge in [0.05, 0.1) is 18.0 Å². The van der Waals surface area contributed by atoms with E-state index >= 15 is 0 Å². The Kier molecular flexibility index (Phi) is 6.37. The Morgan fingerprint density at radius 2 is 2.00 bits per heavy atom. The van der Waals surface area contributed by atoms with Crippen molar-refractivity contribution in [3.8, 4) is 0 Å². The van der Waals surface area contributed by atoms with E-state index in [1.54, 1.807) is 36.6 Å². The first-order valence-electron chi connectivity index (χ1n) is 10.8. The minimum absolute atomic E-state index is 0.0395. The molecular weight excluding hydrogens is 436 g/mol. The molecule has 1 aromatic carbocycles. The smallest absolute Gasteiger partial charge is 0.241 e. The molecule has 0 spiro atoms. The predicted octanol–water partition coefficient (Wildman–Crippen LogP) is 3.65. The van der Waals surface area contributed by atoms with E-state index in [4.69, 9.17) is 0 Å². The molecule has 1 aliphatic heterocycles. The maximum Gasteiger partial charge on any atom is 0.241 e. The molecule has 3 amide bonds. The highest BCUT2D eigenvalue weighted by Crippen LogP contribution is 2.42. The lowest BCUT2D eigenvalue weighted by molar-refractivity contribution is -0.143. The van der Waals surface area contributed by atoms with E-state index in [-0.39, 0.29) is 43.1 Å². The zero-order valence-electron chi connectivity index (χ0n) is 18.9. The summed E-state index contributed by atoms with van der Waals surface area (Å²) in [6, 6.07) is 10.9. The number of imide groups is 1. The molecule has 0 aliphatic carbocycles. The maximum atomic E-state index is 13.9. The van der Waals surface area contributed by atoms with Crippen LogP contribution < -0.4 is 0 Å². The third-order valence-electron chi connectivity index (χ3n) is 6.37. The molecule has 0 radical (unpaired) electrons. The number of carbonyl (C=O) groups is 3. The Balaban J connectivity index is 1.68. The van der Waals surface area contributed by atoms with Gasteiger partial charge >= 0.3 is 0 Å². The zero-order valence-corrected chi connectivity index (χ0v) is 19.7. The number of carbonyl (C=O) groups excluding carboxylic acids is 3. The van der Waals surface area contributed by atoms with Gasteiger partial charge < -0.3 is 4.90 Å². The number of aryl methyl sites for hydroxylation is 1. The summed E-state index contributed by atoms with van der Waals surface area (Å²) in [5, 5.41) is 2.69. The second kappa shape index (κ2) is 9.23. The van der Waals surface area contributed by atoms with E-state index in [9.17, 15) is 14.4 Å². The number of hydrogen-bond donors (Lipinski definition) is 0. The Morgan fingerprint density at radius 3 is 2.67 bits per heavy atom. The molecule has 2 atom stereocenters. The van der Waals surface area contributed by atoms with Gasteiger partial charge in [-0.1, -0.05) is 30.3 Å². The Bertz CT molecular complexity index is 1170. The van der Waals surface area contributed by atoms with Crippen LogP contribution in [-0.4, -0.2) is 44.5 Å². The third kappa shape index (κ3) is 4.30. The summed E-state index contributed by atoms with van der Waals surface area (Å²) >= 11 is 1.48. The van der Waals surface area contributed by atoms with E-state index in [2.05, 4.69) is 9.97 Å². The molecule has 0 saturated carbocycles. The third-order valence-corrected chi connectivity index (χ3v) is 7.31. The summed E-state index contributed by atoms with van der Waals surface area (Å²) in [6.07, 6.45) is 4.87. The van der Waals surface area contributed by atoms with Gasteiger partial charge in [-0.3, -0.25) is 24.3 Å². The van der Waals surface area contributed by atoms with Crippen LogP contribution in [0.4, 0.5) is 0 Å². The summed E-state index contributed by atoms with van der Waals surface area (Å²) in [5.41, 5.74) is 1.13. The van der Waals surface area contributed by atoms with Gasteiger partial charge in [-0.05, 0) is 36.6 Å². The molecule has 3 aromatic rings. The fourth-order valence-electron chi connectivity index (χ4n) is 4.39. The molecule has 0 N–H and O–H groups in total. The van der Waals surface area contributed by atoms with Gasteiger partial charge in [0, 0.05) is 43.9 Å². The molecule has 0 unspecified atom stereocenters. The van der Waals surface area contributed by atoms with E-state index in [1.165, 1.54) is 16.2 Å². The first-order valence-corrected chi connectivity index (χ1v) is 11.7. The van der Waals surface area contributed by atoms with E-state index in [0.717, 1.165) is 21.7 Å². The SMILES string of the molecule is Cc1ccccc1[C@@]1(CC(=O)N(C)[C@@H](C)c2nccs2)CC(=O)N(Cc2cccnc2)C1=O. The lowest BCUT2D eigenvalue weighted by atomic mass is 9.74. The second-order valence-electron chi connectivity index (χ2n) is 8.45. The number of rotatable bonds is 7. The van der Waals surface area contributed by atoms with Crippen LogP contribution in [-0.2, 0) is 26.3 Å². The lowest BCUT2D eigenvalue weighted by Gasteiger charge is -2.32. The molecule has 7 nitrogen and oxygen atoms in total. The van der Waals surface area contributed by atoms with Crippen molar-refractivity contribution < 1.29 is 14.4 Å². The van der Waals surface area contributed by atoms with Gasteiger partial charge in [0.1, 0.15) is 5.01 Å². The number of thiazole rings is 1. The highest BCUT2D eigenvalue weighted by Gasteiger charge is 2.54. The van der Waals surface area contributed by atoms with Crippen molar-refractivity contribution in [3.05, 3.63) is 82.1 Å². The van der Waals surface area contributed by atoms with E-state index in [1.807, 2.05) is 49.6 Å². The molecule has 1 fully saturated rings. The number of benzene rings is 1. The number of aromatic nitrogens is 2. The summed E-state index contributed by atoms with van der Waals surface area (Å²) < 4.78 is 0. The monoisotopic (exact) mass is 462 g/mol. The highest BCUT2D eigenvalue weighted by atomic mass is 32.1. The van der Waals surface area contributed by atoms with Crippen LogP contribution in [0.15, 0.2) is 60.4 Å². The lowest BCUT2D eigenvalue weighted by Crippen LogP contribution is -2.43. The Labute approximate surface area is 197 Å². The van der Waals surface area contributed by atoms with Crippen molar-refractivity contribution in [2.24, 2.45) is 0 Å². The molecule has 0 bridgehead atoms. The first kappa shape index (κ1) is 22.8. The van der Waals surface area contributed by atoms with Crippen molar-refractivity contribution in [2.45, 2.75) is 44.7 Å². The van der Waals surface area contributed by atoms with E-state index in [0.29, 0.717) is 0 Å². The van der Waals surface area contributed by atoms with Crippen LogP contribution in [0.5, 0.6) is 0 Å². The normalized spacial score (nSPS) is 19.1. The predicted molar refractivity (Wildman–Crippen MR) is 125 cm³/mol. The van der Waals surface area contributed by atoms with Gasteiger partial charge in [-0.2, -0.15) is 0 Å². The number of likely N-dealkylation sites (tertiary alicyclic amines) is 1. The second-order valence-corrected chi connectivity index (χ2v) is 9.37. The number of hydrogen-bond acceptors (Lipinski definition) is 6. The van der Waals surface area contributed by atoms with Crippen LogP contribution in [0.2, 0.25) is 0 Å². The fourth-order valence-corrected chi connectivity index (χ4v) is 5.13. The fraction of sp³-hybridized carbons (Fsp3) is 0.320. The molecule has 4 rings (SSSR count). The van der Waals surface area contributed by atoms with Gasteiger partial charge in [0.25, 0.3) is 0 Å². The van der Waals surface area contributed by atoms with Gasteiger partial charge in [0.2, 0.25) is 17.7 Å². The largest absolute Gasteiger partial charge is 0.337 e. The Hall–Kier alpha value is -3.39. The van der Waals surface area contributed by atoms with Gasteiger partial charge in [-0.25, -0.2) is 4.98 Å². The van der Waals surface area contributed by atoms with Crippen LogP contribution in [0.3, 0.4) is 0 Å². The molecule has 1 saturated heterocycles. The molecule has 1 aliphatic rings. The quantitative estimate of drug-likeness (QED) is 0.501. The molecule has 3 heterocycles. The summed E-state index contributed by atoms with van der Waals surface area (Å²) in [6.45, 7) is 3.96. The summed E-state index contributed by atoms with van der Waals surface area (Å²) in [4.78, 5) is 51.7. The Morgan fingerprint density at radius 1 is 1.21 bits per heavy atom. The highest BCUT2D eigenvalue weighted by molar-refractivity contribution is 7.09. The molecule has 33 heavy (non-hydrogen) atoms. The van der Waals surface area contributed by atoms with Crippen molar-refractivity contribution in [3.63, 3.8) is 0 Å². The zero-order chi connectivity index (χ0) is 23.6. The maximum absolute atomic E-state index is 13.9. The minimum atomic E-state index is -1.24. The average molecular weight is 463 g/mol. The van der Waals surface area contributed by atoms with Crippen LogP contribution in [0.1, 0.15) is 47.5 Å². The van der Waals surface area contributed by atoms with Crippen molar-refractivity contribution in [1.82, 2.24) is 19.8 Å². The molecular formula is C25H26N4O3S. The number of nitrogens with zero attached hydrogens (tertiary/aromatic N) is 4. The number of amides is 3. The minimum Gasteiger partial charge on any atom is -0.337 e. The standard InChI is InChI=1S/C25H26N4O3S/c1-17-7-4-5-9-20(17)25(13-21(30)28(3)18(2)23-27-11-12-33-23)14-22(31)29(24(25)32)16-19-8-6-10-26-15-19/h4-12,15,18H,13-14,16H2,1-3H3/t18-,25+/m0/s1. The number of pyridine rings is 1. The van der Waals surface area contributed by atoms with E-state index < -0.39 is 5.41 Å². The van der Waals surface area contributed by atoms with Crippen LogP contribution >= 0.6 is 11.3 Å².